The SMILES string of the molecule is CCOC(=O)C1=C(C)N=c2s/c(=C\c3cccc(OCc4ccc(Cl)cc4Cl)c3)c(=O)n2[C@@H]1c1ccc(C)cc1. The first-order chi connectivity index (χ1) is 19.2. The number of thiazole rings is 1. The monoisotopic (exact) mass is 592 g/mol. The zero-order valence-electron chi connectivity index (χ0n) is 22.1. The third-order valence-corrected chi connectivity index (χ3v) is 8.05. The van der Waals surface area contributed by atoms with Gasteiger partial charge in [-0.25, -0.2) is 9.79 Å². The van der Waals surface area contributed by atoms with E-state index in [0.717, 1.165) is 22.3 Å². The minimum atomic E-state index is -0.642. The minimum Gasteiger partial charge on any atom is -0.489 e. The second-order valence-electron chi connectivity index (χ2n) is 9.31. The number of hydrogen-bond donors (Lipinski definition) is 0. The molecule has 1 atom stereocenters. The van der Waals surface area contributed by atoms with E-state index in [-0.39, 0.29) is 18.8 Å². The molecule has 204 valence electrons. The van der Waals surface area contributed by atoms with E-state index in [1.54, 1.807) is 30.5 Å². The predicted molar refractivity (Wildman–Crippen MR) is 159 cm³/mol. The molecule has 6 nitrogen and oxygen atoms in total. The van der Waals surface area contributed by atoms with Crippen LogP contribution >= 0.6 is 34.5 Å². The highest BCUT2D eigenvalue weighted by Gasteiger charge is 2.33. The molecule has 0 saturated carbocycles. The highest BCUT2D eigenvalue weighted by atomic mass is 35.5. The average molecular weight is 594 g/mol. The van der Waals surface area contributed by atoms with Crippen LogP contribution < -0.4 is 19.6 Å². The van der Waals surface area contributed by atoms with Crippen molar-refractivity contribution in [1.82, 2.24) is 4.57 Å². The van der Waals surface area contributed by atoms with E-state index in [0.29, 0.717) is 36.4 Å². The number of fused-ring (bicyclic) bond motifs is 1. The Balaban J connectivity index is 1.53. The molecule has 1 aromatic heterocycles. The van der Waals surface area contributed by atoms with Crippen molar-refractivity contribution in [2.75, 3.05) is 6.61 Å². The standard InChI is InChI=1S/C31H26Cl2N2O4S/c1-4-38-30(37)27-19(3)34-31-35(28(27)21-10-8-18(2)9-11-21)29(36)26(40-31)15-20-6-5-7-24(14-20)39-17-22-12-13-23(32)16-25(22)33/h5-16,28H,4,17H2,1-3H3/b26-15-/t28-/m1/s1. The number of carbonyl (C=O) groups is 1. The quantitative estimate of drug-likeness (QED) is 0.247. The maximum Gasteiger partial charge on any atom is 0.338 e. The molecule has 2 heterocycles. The lowest BCUT2D eigenvalue weighted by atomic mass is 9.95. The van der Waals surface area contributed by atoms with Crippen molar-refractivity contribution in [3.8, 4) is 5.75 Å². The molecule has 1 aliphatic rings. The van der Waals surface area contributed by atoms with Gasteiger partial charge in [-0.2, -0.15) is 0 Å². The Kier molecular flexibility index (Phi) is 8.26. The van der Waals surface area contributed by atoms with E-state index >= 15 is 0 Å². The number of benzene rings is 3. The average Bonchev–Trinajstić information content (AvgIpc) is 3.22. The summed E-state index contributed by atoms with van der Waals surface area (Å²) in [7, 11) is 0. The number of halogens is 2. The largest absolute Gasteiger partial charge is 0.489 e. The zero-order chi connectivity index (χ0) is 28.4. The molecule has 1 aliphatic heterocycles. The summed E-state index contributed by atoms with van der Waals surface area (Å²) < 4.78 is 13.4. The fourth-order valence-electron chi connectivity index (χ4n) is 4.50. The second-order valence-corrected chi connectivity index (χ2v) is 11.2. The summed E-state index contributed by atoms with van der Waals surface area (Å²) in [4.78, 5) is 32.0. The molecule has 0 radical (unpaired) electrons. The zero-order valence-corrected chi connectivity index (χ0v) is 24.4. The Morgan fingerprint density at radius 2 is 1.85 bits per heavy atom. The van der Waals surface area contributed by atoms with Crippen molar-refractivity contribution < 1.29 is 14.3 Å². The molecular weight excluding hydrogens is 567 g/mol. The minimum absolute atomic E-state index is 0.225. The van der Waals surface area contributed by atoms with Crippen molar-refractivity contribution in [3.63, 3.8) is 0 Å². The Labute approximate surface area is 245 Å². The lowest BCUT2D eigenvalue weighted by Gasteiger charge is -2.24. The Bertz CT molecular complexity index is 1810. The van der Waals surface area contributed by atoms with E-state index in [9.17, 15) is 9.59 Å². The Morgan fingerprint density at radius 3 is 2.58 bits per heavy atom. The van der Waals surface area contributed by atoms with Crippen LogP contribution in [0.15, 0.2) is 87.8 Å². The molecule has 5 rings (SSSR count). The van der Waals surface area contributed by atoms with Crippen LogP contribution in [0.3, 0.4) is 0 Å². The first-order valence-corrected chi connectivity index (χ1v) is 14.3. The van der Waals surface area contributed by atoms with Gasteiger partial charge in [-0.15, -0.1) is 0 Å². The molecule has 0 aliphatic carbocycles. The number of carbonyl (C=O) groups excluding carboxylic acids is 1. The van der Waals surface area contributed by atoms with Gasteiger partial charge in [0.25, 0.3) is 5.56 Å². The molecule has 0 fully saturated rings. The Hall–Kier alpha value is -3.65. The summed E-state index contributed by atoms with van der Waals surface area (Å²) in [6, 6.07) is 19.9. The predicted octanol–water partition coefficient (Wildman–Crippen LogP) is 5.99. The normalized spacial score (nSPS) is 15.0. The third kappa shape index (κ3) is 5.77. The fourth-order valence-corrected chi connectivity index (χ4v) is 6.01. The number of allylic oxidation sites excluding steroid dienone is 1. The summed E-state index contributed by atoms with van der Waals surface area (Å²) in [6.45, 7) is 6.02. The number of rotatable bonds is 7. The van der Waals surface area contributed by atoms with Gasteiger partial charge in [0.05, 0.1) is 28.5 Å². The lowest BCUT2D eigenvalue weighted by Crippen LogP contribution is -2.39. The van der Waals surface area contributed by atoms with E-state index in [2.05, 4.69) is 4.99 Å². The lowest BCUT2D eigenvalue weighted by molar-refractivity contribution is -0.139. The number of aryl methyl sites for hydroxylation is 1. The van der Waals surface area contributed by atoms with Crippen molar-refractivity contribution in [2.45, 2.75) is 33.4 Å². The molecule has 9 heteroatoms. The van der Waals surface area contributed by atoms with Gasteiger partial charge in [0.15, 0.2) is 4.80 Å². The van der Waals surface area contributed by atoms with Crippen LogP contribution in [0.1, 0.15) is 42.1 Å². The highest BCUT2D eigenvalue weighted by molar-refractivity contribution is 7.07. The van der Waals surface area contributed by atoms with E-state index in [1.165, 1.54) is 11.3 Å². The molecule has 0 saturated heterocycles. The maximum atomic E-state index is 13.8. The number of nitrogens with zero attached hydrogens (tertiary/aromatic N) is 2. The van der Waals surface area contributed by atoms with Crippen molar-refractivity contribution in [3.05, 3.63) is 130 Å². The van der Waals surface area contributed by atoms with E-state index in [1.807, 2.05) is 67.6 Å². The first kappa shape index (κ1) is 27.9. The summed E-state index contributed by atoms with van der Waals surface area (Å²) in [6.07, 6.45) is 1.81. The molecule has 0 bridgehead atoms. The van der Waals surface area contributed by atoms with Gasteiger partial charge in [0.1, 0.15) is 12.4 Å². The first-order valence-electron chi connectivity index (χ1n) is 12.7. The maximum absolute atomic E-state index is 13.8. The molecule has 40 heavy (non-hydrogen) atoms. The van der Waals surface area contributed by atoms with Crippen LogP contribution in [0.4, 0.5) is 0 Å². The molecule has 0 unspecified atom stereocenters. The fraction of sp³-hybridized carbons (Fsp3) is 0.194. The molecule has 0 N–H and O–H groups in total. The van der Waals surface area contributed by atoms with Crippen molar-refractivity contribution >= 4 is 46.6 Å². The third-order valence-electron chi connectivity index (χ3n) is 6.48. The van der Waals surface area contributed by atoms with Gasteiger partial charge in [0.2, 0.25) is 0 Å². The summed E-state index contributed by atoms with van der Waals surface area (Å²) in [5, 5.41) is 1.09. The van der Waals surface area contributed by atoms with Gasteiger partial charge in [-0.1, -0.05) is 82.6 Å². The van der Waals surface area contributed by atoms with Crippen LogP contribution in [0.2, 0.25) is 10.0 Å². The van der Waals surface area contributed by atoms with E-state index in [4.69, 9.17) is 32.7 Å². The smallest absolute Gasteiger partial charge is 0.338 e. The number of hydrogen-bond acceptors (Lipinski definition) is 6. The molecule has 3 aromatic carbocycles. The van der Waals surface area contributed by atoms with Crippen LogP contribution in [-0.4, -0.2) is 17.1 Å². The van der Waals surface area contributed by atoms with Gasteiger partial charge >= 0.3 is 5.97 Å². The van der Waals surface area contributed by atoms with Crippen LogP contribution in [0.25, 0.3) is 6.08 Å². The summed E-state index contributed by atoms with van der Waals surface area (Å²) in [5.74, 6) is 0.153. The highest BCUT2D eigenvalue weighted by Crippen LogP contribution is 2.31. The van der Waals surface area contributed by atoms with Crippen molar-refractivity contribution in [2.24, 2.45) is 4.99 Å². The summed E-state index contributed by atoms with van der Waals surface area (Å²) >= 11 is 13.5. The number of aromatic nitrogens is 1. The topological polar surface area (TPSA) is 69.9 Å². The molecule has 0 spiro atoms. The van der Waals surface area contributed by atoms with Gasteiger partial charge in [-0.3, -0.25) is 9.36 Å². The van der Waals surface area contributed by atoms with E-state index < -0.39 is 12.0 Å². The number of ether oxygens (including phenoxy) is 2. The van der Waals surface area contributed by atoms with Crippen LogP contribution in [-0.2, 0) is 16.1 Å². The molecular formula is C31H26Cl2N2O4S. The number of esters is 1. The van der Waals surface area contributed by atoms with Crippen LogP contribution in [0, 0.1) is 6.92 Å². The Morgan fingerprint density at radius 1 is 1.07 bits per heavy atom. The molecule has 0 amide bonds. The second kappa shape index (κ2) is 11.8. The van der Waals surface area contributed by atoms with Crippen LogP contribution in [0.5, 0.6) is 5.75 Å². The van der Waals surface area contributed by atoms with Gasteiger partial charge in [-0.05, 0) is 62.2 Å². The van der Waals surface area contributed by atoms with Crippen molar-refractivity contribution in [1.29, 1.82) is 0 Å². The van der Waals surface area contributed by atoms with Gasteiger partial charge < -0.3 is 9.47 Å². The van der Waals surface area contributed by atoms with Gasteiger partial charge in [0, 0.05) is 15.6 Å². The summed E-state index contributed by atoms with van der Waals surface area (Å²) in [5.41, 5.74) is 4.16. The molecule has 4 aromatic rings.